The van der Waals surface area contributed by atoms with E-state index < -0.39 is 11.7 Å². The molecular weight excluding hydrogens is 560 g/mol. The van der Waals surface area contributed by atoms with Crippen LogP contribution in [0, 0.1) is 25.7 Å². The first-order valence-electron chi connectivity index (χ1n) is 13.8. The van der Waals surface area contributed by atoms with Gasteiger partial charge in [-0.1, -0.05) is 11.6 Å². The molecule has 11 heteroatoms. The average molecular weight is 596 g/mol. The Hall–Kier alpha value is -2.30. The largest absolute Gasteiger partial charge is 0.448 e. The Kier molecular flexibility index (Phi) is 8.16. The maximum absolute atomic E-state index is 13.2. The summed E-state index contributed by atoms with van der Waals surface area (Å²) in [4.78, 5) is 29.3. The summed E-state index contributed by atoms with van der Waals surface area (Å²) in [7, 11) is 0. The number of fused-ring (bicyclic) bond motifs is 1. The number of aryl methyl sites for hydroxylation is 1. The molecule has 1 amide bonds. The van der Waals surface area contributed by atoms with Gasteiger partial charge >= 0.3 is 0 Å². The highest BCUT2D eigenvalue weighted by atomic mass is 35.5. The Bertz CT molecular complexity index is 1350. The summed E-state index contributed by atoms with van der Waals surface area (Å²) < 4.78 is 38.9. The van der Waals surface area contributed by atoms with E-state index in [1.807, 2.05) is 26.2 Å². The predicted molar refractivity (Wildman–Crippen MR) is 152 cm³/mol. The summed E-state index contributed by atoms with van der Waals surface area (Å²) >= 11 is 8.05. The van der Waals surface area contributed by atoms with Crippen LogP contribution in [0.25, 0.3) is 0 Å². The number of amides is 1. The van der Waals surface area contributed by atoms with Crippen LogP contribution >= 0.6 is 23.4 Å². The van der Waals surface area contributed by atoms with Gasteiger partial charge in [-0.25, -0.2) is 8.78 Å². The van der Waals surface area contributed by atoms with Crippen LogP contribution in [-0.2, 0) is 6.54 Å². The summed E-state index contributed by atoms with van der Waals surface area (Å²) in [6.45, 7) is 6.37. The van der Waals surface area contributed by atoms with Crippen molar-refractivity contribution in [1.29, 1.82) is 0 Å². The number of ether oxygens (including phenoxy) is 2. The number of halogens is 3. The van der Waals surface area contributed by atoms with Crippen molar-refractivity contribution >= 4 is 29.3 Å². The lowest BCUT2D eigenvalue weighted by Gasteiger charge is -2.39. The minimum absolute atomic E-state index is 0.0659. The highest BCUT2D eigenvalue weighted by Gasteiger charge is 2.48. The Balaban J connectivity index is 1.22. The smallest absolute Gasteiger partial charge is 0.254 e. The second-order valence-electron chi connectivity index (χ2n) is 11.5. The molecule has 40 heavy (non-hydrogen) atoms. The SMILES string of the molecule is CSc1cc(C)[nH]c(=O)c1CNC(=O)c1cc(Cl)c2c(c1C)O[C@](C)([C@H]1CC[C@@H](CNC3CC(F)(F)C3)CC1)O2. The number of rotatable bonds is 8. The lowest BCUT2D eigenvalue weighted by atomic mass is 9.78. The van der Waals surface area contributed by atoms with Crippen LogP contribution < -0.4 is 25.7 Å². The van der Waals surface area contributed by atoms with Crippen molar-refractivity contribution in [2.75, 3.05) is 12.8 Å². The molecule has 7 nitrogen and oxygen atoms in total. The number of thioether (sulfide) groups is 1. The minimum atomic E-state index is -2.51. The Morgan fingerprint density at radius 2 is 1.82 bits per heavy atom. The number of hydrogen-bond acceptors (Lipinski definition) is 6. The Morgan fingerprint density at radius 3 is 2.48 bits per heavy atom. The van der Waals surface area contributed by atoms with Crippen molar-refractivity contribution in [3.8, 4) is 11.5 Å². The van der Waals surface area contributed by atoms with Crippen LogP contribution in [0.3, 0.4) is 0 Å². The third-order valence-corrected chi connectivity index (χ3v) is 9.63. The highest BCUT2D eigenvalue weighted by Crippen LogP contribution is 2.52. The van der Waals surface area contributed by atoms with Gasteiger partial charge in [-0.2, -0.15) is 0 Å². The second-order valence-corrected chi connectivity index (χ2v) is 12.8. The summed E-state index contributed by atoms with van der Waals surface area (Å²) in [5, 5.41) is 6.45. The third-order valence-electron chi connectivity index (χ3n) is 8.54. The van der Waals surface area contributed by atoms with Crippen LogP contribution in [0.5, 0.6) is 11.5 Å². The Morgan fingerprint density at radius 1 is 1.15 bits per heavy atom. The highest BCUT2D eigenvalue weighted by molar-refractivity contribution is 7.98. The van der Waals surface area contributed by atoms with Gasteiger partial charge in [-0.05, 0) is 70.4 Å². The second kappa shape index (κ2) is 11.2. The molecule has 2 fully saturated rings. The van der Waals surface area contributed by atoms with Crippen molar-refractivity contribution < 1.29 is 23.0 Å². The van der Waals surface area contributed by atoms with E-state index in [1.54, 1.807) is 13.0 Å². The molecular formula is C29H36ClF2N3O4S. The fourth-order valence-electron chi connectivity index (χ4n) is 6.08. The van der Waals surface area contributed by atoms with Gasteiger partial charge in [0, 0.05) is 65.5 Å². The van der Waals surface area contributed by atoms with E-state index >= 15 is 0 Å². The van der Waals surface area contributed by atoms with Gasteiger partial charge in [-0.3, -0.25) is 9.59 Å². The van der Waals surface area contributed by atoms with Crippen molar-refractivity contribution in [3.05, 3.63) is 49.9 Å². The first-order valence-corrected chi connectivity index (χ1v) is 15.4. The number of hydrogen-bond donors (Lipinski definition) is 3. The number of carbonyl (C=O) groups is 1. The molecule has 218 valence electrons. The summed E-state index contributed by atoms with van der Waals surface area (Å²) in [5.41, 5.74) is 2.02. The molecule has 0 radical (unpaired) electrons. The number of aromatic amines is 1. The quantitative estimate of drug-likeness (QED) is 0.325. The molecule has 2 aliphatic carbocycles. The normalized spacial score (nSPS) is 25.5. The predicted octanol–water partition coefficient (Wildman–Crippen LogP) is 5.98. The molecule has 2 heterocycles. The van der Waals surface area contributed by atoms with Gasteiger partial charge in [0.05, 0.1) is 5.02 Å². The molecule has 2 saturated carbocycles. The number of carbonyl (C=O) groups excluding carboxylic acids is 1. The molecule has 0 spiro atoms. The summed E-state index contributed by atoms with van der Waals surface area (Å²) in [6, 6.07) is 3.39. The fraction of sp³-hybridized carbons (Fsp3) is 0.586. The third kappa shape index (κ3) is 5.85. The minimum Gasteiger partial charge on any atom is -0.448 e. The first-order chi connectivity index (χ1) is 18.9. The van der Waals surface area contributed by atoms with Crippen LogP contribution in [0.2, 0.25) is 5.02 Å². The molecule has 0 saturated heterocycles. The van der Waals surface area contributed by atoms with Crippen LogP contribution in [0.15, 0.2) is 21.8 Å². The zero-order valence-electron chi connectivity index (χ0n) is 23.2. The summed E-state index contributed by atoms with van der Waals surface area (Å²) in [6.07, 6.45) is 5.43. The number of pyridine rings is 1. The van der Waals surface area contributed by atoms with E-state index in [-0.39, 0.29) is 42.8 Å². The Labute approximate surface area is 242 Å². The zero-order chi connectivity index (χ0) is 28.8. The molecule has 3 N–H and O–H groups in total. The molecule has 5 rings (SSSR count). The van der Waals surface area contributed by atoms with E-state index in [9.17, 15) is 18.4 Å². The molecule has 2 aromatic rings. The number of nitrogens with one attached hydrogen (secondary N) is 3. The lowest BCUT2D eigenvalue weighted by Crippen LogP contribution is -2.50. The molecule has 3 aliphatic rings. The van der Waals surface area contributed by atoms with E-state index in [1.165, 1.54) is 11.8 Å². The molecule has 0 unspecified atom stereocenters. The number of benzene rings is 1. The monoisotopic (exact) mass is 595 g/mol. The fourth-order valence-corrected chi connectivity index (χ4v) is 7.02. The maximum atomic E-state index is 13.2. The van der Waals surface area contributed by atoms with E-state index in [0.717, 1.165) is 42.8 Å². The number of H-pyrrole nitrogens is 1. The van der Waals surface area contributed by atoms with E-state index in [2.05, 4.69) is 15.6 Å². The van der Waals surface area contributed by atoms with E-state index in [0.29, 0.717) is 39.1 Å². The maximum Gasteiger partial charge on any atom is 0.254 e. The van der Waals surface area contributed by atoms with Crippen LogP contribution in [-0.4, -0.2) is 41.4 Å². The average Bonchev–Trinajstić information content (AvgIpc) is 3.27. The standard InChI is InChI=1S/C29H36ClF2N3O4S/c1-15-9-23(40-4)21(27(37)35-15)14-34-26(36)20-10-22(30)25-24(16(20)2)38-28(3,39-25)18-7-5-17(6-8-18)13-33-19-11-29(31,32)12-19/h9-10,17-19,33H,5-8,11-14H2,1-4H3,(H,34,36)(H,35,37)/t17-,18+,28-/m0/s1. The molecule has 1 aliphatic heterocycles. The van der Waals surface area contributed by atoms with Gasteiger partial charge in [0.2, 0.25) is 0 Å². The van der Waals surface area contributed by atoms with Crippen LogP contribution in [0.4, 0.5) is 8.78 Å². The topological polar surface area (TPSA) is 92.5 Å². The van der Waals surface area contributed by atoms with Gasteiger partial charge in [-0.15, -0.1) is 11.8 Å². The molecule has 1 aromatic heterocycles. The number of alkyl halides is 2. The number of aromatic nitrogens is 1. The van der Waals surface area contributed by atoms with Crippen molar-refractivity contribution in [2.24, 2.45) is 11.8 Å². The van der Waals surface area contributed by atoms with Gasteiger partial charge in [0.1, 0.15) is 0 Å². The zero-order valence-corrected chi connectivity index (χ0v) is 24.8. The summed E-state index contributed by atoms with van der Waals surface area (Å²) in [5.74, 6) is -2.32. The van der Waals surface area contributed by atoms with Crippen molar-refractivity contribution in [3.63, 3.8) is 0 Å². The van der Waals surface area contributed by atoms with Crippen molar-refractivity contribution in [1.82, 2.24) is 15.6 Å². The molecule has 1 atom stereocenters. The molecule has 0 bridgehead atoms. The first kappa shape index (κ1) is 29.2. The van der Waals surface area contributed by atoms with E-state index in [4.69, 9.17) is 21.1 Å². The van der Waals surface area contributed by atoms with Crippen molar-refractivity contribution in [2.45, 2.75) is 88.5 Å². The molecule has 1 aromatic carbocycles. The van der Waals surface area contributed by atoms with Gasteiger partial charge in [0.25, 0.3) is 23.2 Å². The van der Waals surface area contributed by atoms with Gasteiger partial charge in [0.15, 0.2) is 11.5 Å². The lowest BCUT2D eigenvalue weighted by molar-refractivity contribution is -0.123. The van der Waals surface area contributed by atoms with Crippen LogP contribution in [0.1, 0.15) is 72.6 Å². The van der Waals surface area contributed by atoms with Gasteiger partial charge < -0.3 is 25.1 Å².